The van der Waals surface area contributed by atoms with Crippen LogP contribution in [0.2, 0.25) is 0 Å². The minimum absolute atomic E-state index is 0.0979. The lowest BCUT2D eigenvalue weighted by Gasteiger charge is -2.26. The third-order valence-corrected chi connectivity index (χ3v) is 2.32. The monoisotopic (exact) mass is 213 g/mol. The summed E-state index contributed by atoms with van der Waals surface area (Å²) >= 11 is 0. The largest absolute Gasteiger partial charge is 0.411 e. The molecular weight excluding hydrogens is 199 g/mol. The molecule has 1 rings (SSSR count). The fraction of sp³-hybridized carbons (Fsp3) is 1.00. The summed E-state index contributed by atoms with van der Waals surface area (Å²) in [6.45, 7) is -1.89. The summed E-state index contributed by atoms with van der Waals surface area (Å²) in [4.78, 5) is 0. The lowest BCUT2D eigenvalue weighted by atomic mass is 9.97. The Bertz CT molecular complexity index is 194. The first-order valence-corrected chi connectivity index (χ1v) is 4.42. The fourth-order valence-electron chi connectivity index (χ4n) is 1.31. The van der Waals surface area contributed by atoms with E-state index in [1.165, 1.54) is 0 Å². The lowest BCUT2D eigenvalue weighted by Crippen LogP contribution is -2.50. The van der Waals surface area contributed by atoms with Gasteiger partial charge in [-0.2, -0.15) is 13.2 Å². The van der Waals surface area contributed by atoms with Crippen molar-refractivity contribution in [3.63, 3.8) is 0 Å². The van der Waals surface area contributed by atoms with E-state index in [0.717, 1.165) is 12.8 Å². The first-order chi connectivity index (χ1) is 6.37. The van der Waals surface area contributed by atoms with Crippen molar-refractivity contribution in [1.29, 1.82) is 0 Å². The Kier molecular flexibility index (Phi) is 3.39. The summed E-state index contributed by atoms with van der Waals surface area (Å²) in [5.41, 5.74) is 4.69. The number of ether oxygens (including phenoxy) is 1. The van der Waals surface area contributed by atoms with Crippen LogP contribution in [0.25, 0.3) is 0 Å². The van der Waals surface area contributed by atoms with Crippen LogP contribution < -0.4 is 5.73 Å². The Hall–Kier alpha value is -0.330. The normalized spacial score (nSPS) is 22.1. The van der Waals surface area contributed by atoms with E-state index in [1.807, 2.05) is 0 Å². The lowest BCUT2D eigenvalue weighted by molar-refractivity contribution is -0.178. The maximum Gasteiger partial charge on any atom is 0.411 e. The van der Waals surface area contributed by atoms with Crippen LogP contribution in [0.5, 0.6) is 0 Å². The first kappa shape index (κ1) is 11.7. The molecule has 0 heterocycles. The zero-order valence-corrected chi connectivity index (χ0v) is 7.68. The molecule has 0 amide bonds. The average molecular weight is 213 g/mol. The van der Waals surface area contributed by atoms with Gasteiger partial charge in [-0.3, -0.25) is 0 Å². The van der Waals surface area contributed by atoms with Gasteiger partial charge < -0.3 is 15.6 Å². The molecule has 1 aliphatic rings. The van der Waals surface area contributed by atoms with Crippen LogP contribution in [0, 0.1) is 5.92 Å². The summed E-state index contributed by atoms with van der Waals surface area (Å²) in [6.07, 6.45) is -2.63. The van der Waals surface area contributed by atoms with Crippen LogP contribution in [0.1, 0.15) is 12.8 Å². The topological polar surface area (TPSA) is 55.5 Å². The van der Waals surface area contributed by atoms with Crippen LogP contribution in [-0.2, 0) is 4.74 Å². The van der Waals surface area contributed by atoms with Gasteiger partial charge >= 0.3 is 6.18 Å². The minimum atomic E-state index is -4.33. The van der Waals surface area contributed by atoms with E-state index in [-0.39, 0.29) is 19.1 Å². The van der Waals surface area contributed by atoms with Gasteiger partial charge in [0.2, 0.25) is 0 Å². The Morgan fingerprint density at radius 1 is 1.29 bits per heavy atom. The zero-order chi connectivity index (χ0) is 10.8. The van der Waals surface area contributed by atoms with Crippen molar-refractivity contribution >= 4 is 0 Å². The molecule has 6 heteroatoms. The highest BCUT2D eigenvalue weighted by molar-refractivity contribution is 4.98. The number of alkyl halides is 3. The van der Waals surface area contributed by atoms with Gasteiger partial charge in [-0.1, -0.05) is 0 Å². The summed E-state index contributed by atoms with van der Waals surface area (Å²) in [5, 5.41) is 8.94. The fourth-order valence-corrected chi connectivity index (χ4v) is 1.31. The van der Waals surface area contributed by atoms with Gasteiger partial charge in [0.1, 0.15) is 6.61 Å². The van der Waals surface area contributed by atoms with E-state index in [1.54, 1.807) is 0 Å². The molecule has 0 aromatic rings. The van der Waals surface area contributed by atoms with Crippen LogP contribution in [0.15, 0.2) is 0 Å². The molecule has 0 aromatic carbocycles. The van der Waals surface area contributed by atoms with Gasteiger partial charge in [0.05, 0.1) is 18.8 Å². The second-order valence-electron chi connectivity index (χ2n) is 3.77. The van der Waals surface area contributed by atoms with Gasteiger partial charge in [0.15, 0.2) is 0 Å². The molecule has 0 bridgehead atoms. The average Bonchev–Trinajstić information content (AvgIpc) is 2.83. The van der Waals surface area contributed by atoms with Crippen LogP contribution in [0.3, 0.4) is 0 Å². The molecule has 0 aromatic heterocycles. The van der Waals surface area contributed by atoms with Crippen LogP contribution in [0.4, 0.5) is 13.2 Å². The summed E-state index contributed by atoms with van der Waals surface area (Å²) < 4.78 is 39.6. The summed E-state index contributed by atoms with van der Waals surface area (Å²) in [6, 6.07) is 0. The SMILES string of the molecule is NC(CO)(COCC(F)(F)F)C1CC1. The van der Waals surface area contributed by atoms with Crippen molar-refractivity contribution < 1.29 is 23.0 Å². The molecule has 1 atom stereocenters. The van der Waals surface area contributed by atoms with Gasteiger partial charge in [0.25, 0.3) is 0 Å². The number of nitrogens with two attached hydrogens (primary N) is 1. The maximum absolute atomic E-state index is 11.7. The van der Waals surface area contributed by atoms with Crippen LogP contribution >= 0.6 is 0 Å². The van der Waals surface area contributed by atoms with Gasteiger partial charge in [-0.05, 0) is 18.8 Å². The number of hydrogen-bond acceptors (Lipinski definition) is 3. The third-order valence-electron chi connectivity index (χ3n) is 2.32. The Labute approximate surface area is 80.0 Å². The first-order valence-electron chi connectivity index (χ1n) is 4.42. The second-order valence-corrected chi connectivity index (χ2v) is 3.77. The van der Waals surface area contributed by atoms with E-state index in [0.29, 0.717) is 0 Å². The highest BCUT2D eigenvalue weighted by Crippen LogP contribution is 2.38. The maximum atomic E-state index is 11.7. The Morgan fingerprint density at radius 3 is 2.21 bits per heavy atom. The summed E-state index contributed by atoms with van der Waals surface area (Å²) in [5.74, 6) is 0.0979. The van der Waals surface area contributed by atoms with E-state index in [9.17, 15) is 13.2 Å². The van der Waals surface area contributed by atoms with E-state index in [2.05, 4.69) is 4.74 Å². The third kappa shape index (κ3) is 3.43. The molecule has 1 unspecified atom stereocenters. The van der Waals surface area contributed by atoms with Crippen molar-refractivity contribution in [1.82, 2.24) is 0 Å². The Morgan fingerprint density at radius 2 is 1.86 bits per heavy atom. The van der Waals surface area contributed by atoms with Crippen molar-refractivity contribution in [3.05, 3.63) is 0 Å². The zero-order valence-electron chi connectivity index (χ0n) is 7.68. The number of rotatable bonds is 5. The molecule has 0 spiro atoms. The predicted octanol–water partition coefficient (Wildman–Crippen LogP) is 0.665. The molecule has 1 aliphatic carbocycles. The highest BCUT2D eigenvalue weighted by Gasteiger charge is 2.42. The molecule has 84 valence electrons. The molecule has 1 fully saturated rings. The number of aliphatic hydroxyl groups is 1. The highest BCUT2D eigenvalue weighted by atomic mass is 19.4. The molecule has 0 aliphatic heterocycles. The molecule has 0 saturated heterocycles. The van der Waals surface area contributed by atoms with Crippen molar-refractivity contribution in [3.8, 4) is 0 Å². The number of aliphatic hydroxyl groups excluding tert-OH is 1. The van der Waals surface area contributed by atoms with E-state index < -0.39 is 18.3 Å². The van der Waals surface area contributed by atoms with Crippen molar-refractivity contribution in [2.24, 2.45) is 11.7 Å². The predicted molar refractivity (Wildman–Crippen MR) is 43.6 cm³/mol. The molecule has 3 N–H and O–H groups in total. The van der Waals surface area contributed by atoms with E-state index >= 15 is 0 Å². The Balaban J connectivity index is 2.27. The van der Waals surface area contributed by atoms with Gasteiger partial charge in [-0.15, -0.1) is 0 Å². The minimum Gasteiger partial charge on any atom is -0.394 e. The number of hydrogen-bond donors (Lipinski definition) is 2. The molecule has 1 saturated carbocycles. The molecule has 3 nitrogen and oxygen atoms in total. The number of halogens is 3. The van der Waals surface area contributed by atoms with Crippen LogP contribution in [-0.4, -0.2) is 36.6 Å². The quantitative estimate of drug-likeness (QED) is 0.705. The molecule has 14 heavy (non-hydrogen) atoms. The second kappa shape index (κ2) is 4.04. The smallest absolute Gasteiger partial charge is 0.394 e. The van der Waals surface area contributed by atoms with Gasteiger partial charge in [-0.25, -0.2) is 0 Å². The van der Waals surface area contributed by atoms with Gasteiger partial charge in [0, 0.05) is 0 Å². The van der Waals surface area contributed by atoms with E-state index in [4.69, 9.17) is 10.8 Å². The molecule has 0 radical (unpaired) electrons. The van der Waals surface area contributed by atoms with Crippen molar-refractivity contribution in [2.75, 3.05) is 19.8 Å². The standard InChI is InChI=1S/C8H14F3NO2/c9-8(10,11)5-14-4-7(12,3-13)6-1-2-6/h6,13H,1-5,12H2. The molecular formula is C8H14F3NO2. The summed E-state index contributed by atoms with van der Waals surface area (Å²) in [7, 11) is 0. The van der Waals surface area contributed by atoms with Crippen molar-refractivity contribution in [2.45, 2.75) is 24.6 Å².